The average molecular weight is 619 g/mol. The lowest BCUT2D eigenvalue weighted by atomic mass is 10.1. The predicted octanol–water partition coefficient (Wildman–Crippen LogP) is 7.53. The number of aryl methyl sites for hydroxylation is 1. The van der Waals surface area contributed by atoms with Crippen molar-refractivity contribution in [3.8, 4) is 5.69 Å². The first kappa shape index (κ1) is 29.7. The summed E-state index contributed by atoms with van der Waals surface area (Å²) >= 11 is 7.84. The standard InChI is InChI=1S/C32H28ClFN4O2S2/c1-23-12-15-27(33)21-30(23)38-31(35-36-32(38)41-22-26-13-16-28(34)17-14-26)29(20-25-10-6-3-7-11-25)37-42(39,40)19-18-24-8-4-2-5-9-24/h2-19,21,29,37H,20,22H2,1H3. The van der Waals surface area contributed by atoms with Gasteiger partial charge in [0.15, 0.2) is 11.0 Å². The van der Waals surface area contributed by atoms with Gasteiger partial charge in [-0.05, 0) is 65.9 Å². The third-order valence-corrected chi connectivity index (χ3v) is 8.83. The van der Waals surface area contributed by atoms with Gasteiger partial charge in [-0.1, -0.05) is 102 Å². The minimum Gasteiger partial charge on any atom is -0.272 e. The molecule has 1 atom stereocenters. The van der Waals surface area contributed by atoms with Crippen molar-refractivity contribution in [3.63, 3.8) is 0 Å². The van der Waals surface area contributed by atoms with Crippen molar-refractivity contribution in [2.24, 2.45) is 0 Å². The van der Waals surface area contributed by atoms with Gasteiger partial charge in [0.25, 0.3) is 0 Å². The van der Waals surface area contributed by atoms with Gasteiger partial charge in [-0.2, -0.15) is 0 Å². The van der Waals surface area contributed by atoms with Crippen molar-refractivity contribution < 1.29 is 12.8 Å². The molecule has 6 nitrogen and oxygen atoms in total. The quantitative estimate of drug-likeness (QED) is 0.155. The number of nitrogens with zero attached hydrogens (tertiary/aromatic N) is 3. The predicted molar refractivity (Wildman–Crippen MR) is 167 cm³/mol. The molecule has 0 amide bonds. The molecule has 0 fully saturated rings. The van der Waals surface area contributed by atoms with E-state index in [2.05, 4.69) is 14.9 Å². The summed E-state index contributed by atoms with van der Waals surface area (Å²) in [5.41, 5.74) is 4.25. The monoisotopic (exact) mass is 618 g/mol. The Kier molecular flexibility index (Phi) is 9.54. The van der Waals surface area contributed by atoms with E-state index >= 15 is 0 Å². The molecule has 0 aliphatic carbocycles. The van der Waals surface area contributed by atoms with Crippen LogP contribution in [0.25, 0.3) is 11.8 Å². The lowest BCUT2D eigenvalue weighted by Crippen LogP contribution is -2.30. The Hall–Kier alpha value is -3.76. The van der Waals surface area contributed by atoms with Crippen LogP contribution in [0.3, 0.4) is 0 Å². The Morgan fingerprint density at radius 3 is 2.33 bits per heavy atom. The fourth-order valence-corrected chi connectivity index (χ4v) is 6.46. The van der Waals surface area contributed by atoms with Gasteiger partial charge in [0, 0.05) is 16.2 Å². The summed E-state index contributed by atoms with van der Waals surface area (Å²) in [6.07, 6.45) is 1.89. The van der Waals surface area contributed by atoms with Crippen LogP contribution in [0.5, 0.6) is 0 Å². The summed E-state index contributed by atoms with van der Waals surface area (Å²) in [5.74, 6) is 0.621. The van der Waals surface area contributed by atoms with E-state index in [0.717, 1.165) is 33.3 Å². The molecule has 10 heteroatoms. The second-order valence-corrected chi connectivity index (χ2v) is 12.6. The Morgan fingerprint density at radius 1 is 0.929 bits per heavy atom. The second kappa shape index (κ2) is 13.5. The normalized spacial score (nSPS) is 12.5. The summed E-state index contributed by atoms with van der Waals surface area (Å²) < 4.78 is 44.9. The molecule has 0 saturated carbocycles. The second-order valence-electron chi connectivity index (χ2n) is 9.64. The van der Waals surface area contributed by atoms with Gasteiger partial charge in [-0.15, -0.1) is 10.2 Å². The van der Waals surface area contributed by atoms with Crippen LogP contribution < -0.4 is 4.72 Å². The zero-order chi connectivity index (χ0) is 29.5. The van der Waals surface area contributed by atoms with Crippen LogP contribution in [-0.4, -0.2) is 23.2 Å². The summed E-state index contributed by atoms with van der Waals surface area (Å²) in [6, 6.07) is 29.9. The lowest BCUT2D eigenvalue weighted by Gasteiger charge is -2.20. The Labute approximate surface area is 254 Å². The maximum absolute atomic E-state index is 13.5. The topological polar surface area (TPSA) is 76.9 Å². The molecule has 4 aromatic carbocycles. The van der Waals surface area contributed by atoms with E-state index < -0.39 is 16.1 Å². The molecule has 0 spiro atoms. The molecule has 5 aromatic rings. The van der Waals surface area contributed by atoms with Gasteiger partial charge in [-0.25, -0.2) is 17.5 Å². The van der Waals surface area contributed by atoms with E-state index in [1.807, 2.05) is 84.3 Å². The number of thioether (sulfide) groups is 1. The number of hydrogen-bond donors (Lipinski definition) is 1. The van der Waals surface area contributed by atoms with Crippen molar-refractivity contribution >= 4 is 39.5 Å². The third-order valence-electron chi connectivity index (χ3n) is 6.49. The zero-order valence-corrected chi connectivity index (χ0v) is 25.1. The van der Waals surface area contributed by atoms with Gasteiger partial charge in [0.1, 0.15) is 5.82 Å². The highest BCUT2D eigenvalue weighted by molar-refractivity contribution is 7.98. The van der Waals surface area contributed by atoms with Crippen LogP contribution >= 0.6 is 23.4 Å². The lowest BCUT2D eigenvalue weighted by molar-refractivity contribution is 0.544. The van der Waals surface area contributed by atoms with Crippen molar-refractivity contribution in [3.05, 3.63) is 147 Å². The van der Waals surface area contributed by atoms with Crippen LogP contribution in [0.15, 0.2) is 114 Å². The van der Waals surface area contributed by atoms with E-state index in [0.29, 0.717) is 28.2 Å². The molecular weight excluding hydrogens is 591 g/mol. The molecule has 1 aromatic heterocycles. The molecule has 214 valence electrons. The molecule has 0 aliphatic heterocycles. The van der Waals surface area contributed by atoms with Crippen LogP contribution in [0.2, 0.25) is 5.02 Å². The number of hydrogen-bond acceptors (Lipinski definition) is 5. The largest absolute Gasteiger partial charge is 0.272 e. The van der Waals surface area contributed by atoms with E-state index in [1.54, 1.807) is 24.3 Å². The molecule has 1 heterocycles. The Balaban J connectivity index is 1.56. The fraction of sp³-hybridized carbons (Fsp3) is 0.125. The molecular formula is C32H28ClFN4O2S2. The molecule has 5 rings (SSSR count). The smallest absolute Gasteiger partial charge is 0.234 e. The van der Waals surface area contributed by atoms with Gasteiger partial charge < -0.3 is 0 Å². The van der Waals surface area contributed by atoms with Gasteiger partial charge >= 0.3 is 0 Å². The molecule has 0 aliphatic rings. The first-order valence-electron chi connectivity index (χ1n) is 13.2. The zero-order valence-electron chi connectivity index (χ0n) is 22.7. The van der Waals surface area contributed by atoms with Crippen molar-refractivity contribution in [2.45, 2.75) is 30.3 Å². The number of sulfonamides is 1. The SMILES string of the molecule is Cc1ccc(Cl)cc1-n1c(SCc2ccc(F)cc2)nnc1C(Cc1ccccc1)NS(=O)(=O)C=Cc1ccccc1. The highest BCUT2D eigenvalue weighted by atomic mass is 35.5. The molecule has 1 unspecified atom stereocenters. The van der Waals surface area contributed by atoms with Crippen LogP contribution in [0, 0.1) is 12.7 Å². The minimum absolute atomic E-state index is 0.305. The summed E-state index contributed by atoms with van der Waals surface area (Å²) in [6.45, 7) is 1.95. The first-order chi connectivity index (χ1) is 20.3. The number of nitrogens with one attached hydrogen (secondary N) is 1. The van der Waals surface area contributed by atoms with Crippen molar-refractivity contribution in [2.75, 3.05) is 0 Å². The van der Waals surface area contributed by atoms with E-state index in [1.165, 1.54) is 23.9 Å². The average Bonchev–Trinajstić information content (AvgIpc) is 3.41. The Morgan fingerprint density at radius 2 is 1.62 bits per heavy atom. The van der Waals surface area contributed by atoms with Crippen molar-refractivity contribution in [1.29, 1.82) is 0 Å². The molecule has 42 heavy (non-hydrogen) atoms. The number of benzene rings is 4. The minimum atomic E-state index is -3.89. The van der Waals surface area contributed by atoms with Gasteiger partial charge in [-0.3, -0.25) is 4.57 Å². The maximum atomic E-state index is 13.5. The van der Waals surface area contributed by atoms with Gasteiger partial charge in [0.2, 0.25) is 10.0 Å². The third kappa shape index (κ3) is 7.74. The summed E-state index contributed by atoms with van der Waals surface area (Å²) in [5, 5.41) is 11.3. The van der Waals surface area contributed by atoms with Gasteiger partial charge in [0.05, 0.1) is 11.7 Å². The Bertz CT molecular complexity index is 1780. The number of aromatic nitrogens is 3. The van der Waals surface area contributed by atoms with E-state index in [4.69, 9.17) is 11.6 Å². The summed E-state index contributed by atoms with van der Waals surface area (Å²) in [4.78, 5) is 0. The van der Waals surface area contributed by atoms with Crippen molar-refractivity contribution in [1.82, 2.24) is 19.5 Å². The molecule has 0 radical (unpaired) electrons. The molecule has 0 saturated heterocycles. The highest BCUT2D eigenvalue weighted by Crippen LogP contribution is 2.32. The number of halogens is 2. The fourth-order valence-electron chi connectivity index (χ4n) is 4.38. The molecule has 0 bridgehead atoms. The maximum Gasteiger partial charge on any atom is 0.234 e. The van der Waals surface area contributed by atoms with Crippen LogP contribution in [-0.2, 0) is 22.2 Å². The molecule has 1 N–H and O–H groups in total. The van der Waals surface area contributed by atoms with Crippen LogP contribution in [0.1, 0.15) is 34.1 Å². The van der Waals surface area contributed by atoms with Crippen LogP contribution in [0.4, 0.5) is 4.39 Å². The number of rotatable bonds is 11. The summed E-state index contributed by atoms with van der Waals surface area (Å²) in [7, 11) is -3.89. The first-order valence-corrected chi connectivity index (χ1v) is 16.1. The van der Waals surface area contributed by atoms with E-state index in [9.17, 15) is 12.8 Å². The van der Waals surface area contributed by atoms with E-state index in [-0.39, 0.29) is 5.82 Å². The highest BCUT2D eigenvalue weighted by Gasteiger charge is 2.27.